The number of rotatable bonds is 6. The number of hydrogen-bond acceptors (Lipinski definition) is 4. The van der Waals surface area contributed by atoms with Crippen molar-refractivity contribution < 1.29 is 4.79 Å². The van der Waals surface area contributed by atoms with Crippen LogP contribution in [0.5, 0.6) is 0 Å². The first-order valence-corrected chi connectivity index (χ1v) is 6.22. The van der Waals surface area contributed by atoms with Crippen molar-refractivity contribution in [1.82, 2.24) is 9.88 Å². The van der Waals surface area contributed by atoms with Crippen LogP contribution in [-0.2, 0) is 0 Å². The highest BCUT2D eigenvalue weighted by Gasteiger charge is 2.25. The molecule has 0 amide bonds. The maximum absolute atomic E-state index is 10.5. The highest BCUT2D eigenvalue weighted by atomic mass is 16.1. The van der Waals surface area contributed by atoms with E-state index >= 15 is 0 Å². The van der Waals surface area contributed by atoms with Crippen LogP contribution in [0.4, 0.5) is 5.82 Å². The lowest BCUT2D eigenvalue weighted by atomic mass is 10.1. The van der Waals surface area contributed by atoms with Crippen molar-refractivity contribution in [3.05, 3.63) is 23.9 Å². The van der Waals surface area contributed by atoms with E-state index in [1.54, 1.807) is 12.3 Å². The van der Waals surface area contributed by atoms with Crippen LogP contribution in [0.1, 0.15) is 30.1 Å². The Labute approximate surface area is 102 Å². The lowest BCUT2D eigenvalue weighted by Gasteiger charge is -2.39. The zero-order valence-electron chi connectivity index (χ0n) is 10.2. The van der Waals surface area contributed by atoms with Gasteiger partial charge in [-0.1, -0.05) is 13.3 Å². The normalized spacial score (nSPS) is 16.5. The summed E-state index contributed by atoms with van der Waals surface area (Å²) in [5.41, 5.74) is 0.619. The molecular formula is C13H19N3O. The summed E-state index contributed by atoms with van der Waals surface area (Å²) in [6, 6.07) is 4.15. The van der Waals surface area contributed by atoms with Gasteiger partial charge in [0.2, 0.25) is 0 Å². The van der Waals surface area contributed by atoms with Gasteiger partial charge in [-0.15, -0.1) is 0 Å². The second kappa shape index (κ2) is 5.77. The van der Waals surface area contributed by atoms with Crippen molar-refractivity contribution in [2.75, 3.05) is 25.0 Å². The Hall–Kier alpha value is -1.42. The van der Waals surface area contributed by atoms with Crippen molar-refractivity contribution in [1.29, 1.82) is 0 Å². The Morgan fingerprint density at radius 1 is 1.53 bits per heavy atom. The van der Waals surface area contributed by atoms with Gasteiger partial charge >= 0.3 is 0 Å². The number of anilines is 1. The monoisotopic (exact) mass is 233 g/mol. The van der Waals surface area contributed by atoms with E-state index in [0.717, 1.165) is 25.2 Å². The summed E-state index contributed by atoms with van der Waals surface area (Å²) >= 11 is 0. The number of aromatic nitrogens is 1. The Balaban J connectivity index is 1.73. The molecule has 1 N–H and O–H groups in total. The van der Waals surface area contributed by atoms with Crippen LogP contribution in [0.25, 0.3) is 0 Å². The van der Waals surface area contributed by atoms with Gasteiger partial charge in [0.1, 0.15) is 5.82 Å². The lowest BCUT2D eigenvalue weighted by molar-refractivity contribution is 0.112. The molecular weight excluding hydrogens is 214 g/mol. The van der Waals surface area contributed by atoms with E-state index in [9.17, 15) is 4.79 Å². The van der Waals surface area contributed by atoms with Gasteiger partial charge in [-0.25, -0.2) is 4.98 Å². The maximum Gasteiger partial charge on any atom is 0.151 e. The Morgan fingerprint density at radius 3 is 2.94 bits per heavy atom. The highest BCUT2D eigenvalue weighted by Crippen LogP contribution is 2.14. The van der Waals surface area contributed by atoms with Crippen molar-refractivity contribution in [3.8, 4) is 0 Å². The van der Waals surface area contributed by atoms with Gasteiger partial charge in [0.25, 0.3) is 0 Å². The van der Waals surface area contributed by atoms with E-state index < -0.39 is 0 Å². The molecule has 1 fully saturated rings. The fourth-order valence-electron chi connectivity index (χ4n) is 1.99. The predicted molar refractivity (Wildman–Crippen MR) is 68.4 cm³/mol. The first-order chi connectivity index (χ1) is 8.31. The molecule has 1 aliphatic heterocycles. The van der Waals surface area contributed by atoms with Crippen LogP contribution in [0.2, 0.25) is 0 Å². The number of likely N-dealkylation sites (tertiary alicyclic amines) is 1. The number of nitrogens with one attached hydrogen (secondary N) is 1. The van der Waals surface area contributed by atoms with E-state index in [2.05, 4.69) is 22.1 Å². The number of aldehydes is 1. The average molecular weight is 233 g/mol. The molecule has 4 heteroatoms. The minimum absolute atomic E-state index is 0.501. The molecule has 0 aromatic carbocycles. The van der Waals surface area contributed by atoms with E-state index in [1.807, 2.05) is 6.07 Å². The van der Waals surface area contributed by atoms with E-state index in [-0.39, 0.29) is 0 Å². The van der Waals surface area contributed by atoms with Crippen molar-refractivity contribution in [2.45, 2.75) is 25.8 Å². The zero-order chi connectivity index (χ0) is 12.1. The van der Waals surface area contributed by atoms with Crippen LogP contribution in [0.3, 0.4) is 0 Å². The van der Waals surface area contributed by atoms with Gasteiger partial charge in [0.15, 0.2) is 6.29 Å². The van der Waals surface area contributed by atoms with E-state index in [4.69, 9.17) is 0 Å². The second-order valence-corrected chi connectivity index (χ2v) is 4.55. The maximum atomic E-state index is 10.5. The van der Waals surface area contributed by atoms with Crippen molar-refractivity contribution in [3.63, 3.8) is 0 Å². The fourth-order valence-corrected chi connectivity index (χ4v) is 1.99. The smallest absolute Gasteiger partial charge is 0.151 e. The summed E-state index contributed by atoms with van der Waals surface area (Å²) in [6.45, 7) is 5.61. The lowest BCUT2D eigenvalue weighted by Crippen LogP contribution is -2.54. The number of carbonyl (C=O) groups is 1. The molecule has 0 aliphatic carbocycles. The van der Waals surface area contributed by atoms with Crippen LogP contribution >= 0.6 is 0 Å². The summed E-state index contributed by atoms with van der Waals surface area (Å²) in [4.78, 5) is 17.1. The summed E-state index contributed by atoms with van der Waals surface area (Å²) in [6.07, 6.45) is 4.94. The molecule has 0 radical (unpaired) electrons. The average Bonchev–Trinajstić information content (AvgIpc) is 2.32. The predicted octanol–water partition coefficient (Wildman–Crippen LogP) is 1.79. The van der Waals surface area contributed by atoms with Gasteiger partial charge in [-0.3, -0.25) is 9.69 Å². The quantitative estimate of drug-likeness (QED) is 0.761. The van der Waals surface area contributed by atoms with Gasteiger partial charge in [-0.05, 0) is 25.1 Å². The van der Waals surface area contributed by atoms with Crippen LogP contribution in [0, 0.1) is 0 Å². The fraction of sp³-hybridized carbons (Fsp3) is 0.538. The summed E-state index contributed by atoms with van der Waals surface area (Å²) in [5, 5.41) is 3.37. The molecule has 2 heterocycles. The first kappa shape index (κ1) is 12.0. The number of carbonyl (C=O) groups excluding carboxylic acids is 1. The molecule has 4 nitrogen and oxygen atoms in total. The van der Waals surface area contributed by atoms with Gasteiger partial charge < -0.3 is 5.32 Å². The van der Waals surface area contributed by atoms with E-state index in [0.29, 0.717) is 11.6 Å². The molecule has 2 rings (SSSR count). The van der Waals surface area contributed by atoms with Crippen molar-refractivity contribution in [2.24, 2.45) is 0 Å². The SMILES string of the molecule is CCCCN1CC(Nc2ccc(C=O)cn2)C1. The third-order valence-corrected chi connectivity index (χ3v) is 3.06. The molecule has 0 spiro atoms. The molecule has 92 valence electrons. The third kappa shape index (κ3) is 3.27. The Bertz CT molecular complexity index is 357. The largest absolute Gasteiger partial charge is 0.365 e. The van der Waals surface area contributed by atoms with Crippen LogP contribution < -0.4 is 5.32 Å². The molecule has 0 atom stereocenters. The Morgan fingerprint density at radius 2 is 2.35 bits per heavy atom. The zero-order valence-corrected chi connectivity index (χ0v) is 10.2. The van der Waals surface area contributed by atoms with E-state index in [1.165, 1.54) is 19.4 Å². The molecule has 0 bridgehead atoms. The van der Waals surface area contributed by atoms with Gasteiger partial charge in [0, 0.05) is 24.8 Å². The Kier molecular flexibility index (Phi) is 4.09. The molecule has 17 heavy (non-hydrogen) atoms. The molecule has 1 aromatic rings. The standard InChI is InChI=1S/C13H19N3O/c1-2-3-6-16-8-12(9-16)15-13-5-4-11(10-17)7-14-13/h4-5,7,10,12H,2-3,6,8-9H2,1H3,(H,14,15). The van der Waals surface area contributed by atoms with Crippen LogP contribution in [0.15, 0.2) is 18.3 Å². The second-order valence-electron chi connectivity index (χ2n) is 4.55. The highest BCUT2D eigenvalue weighted by molar-refractivity contribution is 5.74. The molecule has 1 aromatic heterocycles. The number of nitrogens with zero attached hydrogens (tertiary/aromatic N) is 2. The summed E-state index contributed by atoms with van der Waals surface area (Å²) < 4.78 is 0. The van der Waals surface area contributed by atoms with Crippen molar-refractivity contribution >= 4 is 12.1 Å². The number of unbranched alkanes of at least 4 members (excludes halogenated alkanes) is 1. The molecule has 0 unspecified atom stereocenters. The molecule has 0 saturated carbocycles. The first-order valence-electron chi connectivity index (χ1n) is 6.22. The molecule has 1 aliphatic rings. The number of pyridine rings is 1. The molecule has 1 saturated heterocycles. The third-order valence-electron chi connectivity index (χ3n) is 3.06. The van der Waals surface area contributed by atoms with Gasteiger partial charge in [0.05, 0.1) is 6.04 Å². The van der Waals surface area contributed by atoms with Gasteiger partial charge in [-0.2, -0.15) is 0 Å². The minimum atomic E-state index is 0.501. The minimum Gasteiger partial charge on any atom is -0.365 e. The van der Waals surface area contributed by atoms with Crippen LogP contribution in [-0.4, -0.2) is 41.8 Å². The summed E-state index contributed by atoms with van der Waals surface area (Å²) in [5.74, 6) is 0.857. The summed E-state index contributed by atoms with van der Waals surface area (Å²) in [7, 11) is 0. The topological polar surface area (TPSA) is 45.2 Å². The number of hydrogen-bond donors (Lipinski definition) is 1.